The lowest BCUT2D eigenvalue weighted by Crippen LogP contribution is -2.47. The summed E-state index contributed by atoms with van der Waals surface area (Å²) in [5.74, 6) is -0.0961. The van der Waals surface area contributed by atoms with Crippen molar-refractivity contribution < 1.29 is 23.1 Å². The summed E-state index contributed by atoms with van der Waals surface area (Å²) in [5, 5.41) is 0. The van der Waals surface area contributed by atoms with Gasteiger partial charge < -0.3 is 23.4 Å². The largest absolute Gasteiger partial charge is 0.460 e. The molecule has 1 amide bonds. The molecule has 1 spiro atoms. The highest BCUT2D eigenvalue weighted by Gasteiger charge is 2.41. The number of halogens is 1. The first-order valence-electron chi connectivity index (χ1n) is 9.94. The van der Waals surface area contributed by atoms with Gasteiger partial charge in [-0.3, -0.25) is 4.79 Å². The average molecular weight is 398 g/mol. The second-order valence-corrected chi connectivity index (χ2v) is 7.75. The van der Waals surface area contributed by atoms with Crippen LogP contribution in [0.4, 0.5) is 4.39 Å². The molecule has 7 heteroatoms. The summed E-state index contributed by atoms with van der Waals surface area (Å²) < 4.78 is 32.9. The van der Waals surface area contributed by atoms with E-state index in [1.165, 1.54) is 12.1 Å². The van der Waals surface area contributed by atoms with E-state index in [0.717, 1.165) is 16.8 Å². The summed E-state index contributed by atoms with van der Waals surface area (Å²) in [5.41, 5.74) is 2.84. The summed E-state index contributed by atoms with van der Waals surface area (Å²) in [6.45, 7) is 4.64. The lowest BCUT2D eigenvalue weighted by molar-refractivity contribution is -0.181. The van der Waals surface area contributed by atoms with Gasteiger partial charge in [0.15, 0.2) is 11.4 Å². The number of aryl methyl sites for hydroxylation is 1. The third-order valence-electron chi connectivity index (χ3n) is 5.79. The summed E-state index contributed by atoms with van der Waals surface area (Å²) in [4.78, 5) is 15.2. The molecule has 0 radical (unpaired) electrons. The number of nitrogens with zero attached hydrogens (tertiary/aromatic N) is 2. The highest BCUT2D eigenvalue weighted by Crippen LogP contribution is 2.33. The Labute approximate surface area is 167 Å². The van der Waals surface area contributed by atoms with Gasteiger partial charge in [-0.2, -0.15) is 0 Å². The highest BCUT2D eigenvalue weighted by atomic mass is 19.1. The molecule has 2 aliphatic rings. The van der Waals surface area contributed by atoms with Crippen LogP contribution < -0.4 is 0 Å². The van der Waals surface area contributed by atoms with E-state index in [9.17, 15) is 9.18 Å². The number of hydrogen-bond acceptors (Lipinski definition) is 4. The zero-order chi connectivity index (χ0) is 20.0. The van der Waals surface area contributed by atoms with Gasteiger partial charge in [0.1, 0.15) is 17.3 Å². The fourth-order valence-electron chi connectivity index (χ4n) is 4.33. The number of ether oxygens (including phenoxy) is 2. The maximum Gasteiger partial charge on any atom is 0.270 e. The van der Waals surface area contributed by atoms with E-state index < -0.39 is 5.79 Å². The third kappa shape index (κ3) is 3.34. The van der Waals surface area contributed by atoms with Crippen molar-refractivity contribution in [1.82, 2.24) is 9.47 Å². The van der Waals surface area contributed by atoms with Crippen molar-refractivity contribution in [2.24, 2.45) is 0 Å². The molecule has 4 heterocycles. The molecule has 0 atom stereocenters. The Morgan fingerprint density at radius 3 is 2.62 bits per heavy atom. The van der Waals surface area contributed by atoms with Gasteiger partial charge in [0.25, 0.3) is 5.91 Å². The first kappa shape index (κ1) is 18.4. The number of piperidine rings is 1. The monoisotopic (exact) mass is 398 g/mol. The normalized spacial score (nSPS) is 18.8. The second-order valence-electron chi connectivity index (χ2n) is 7.75. The smallest absolute Gasteiger partial charge is 0.270 e. The number of carbonyl (C=O) groups excluding carboxylic acids is 1. The Kier molecular flexibility index (Phi) is 4.44. The van der Waals surface area contributed by atoms with Gasteiger partial charge in [0, 0.05) is 44.6 Å². The average Bonchev–Trinajstić information content (AvgIpc) is 3.38. The summed E-state index contributed by atoms with van der Waals surface area (Å²) in [6, 6.07) is 10.1. The van der Waals surface area contributed by atoms with Crippen molar-refractivity contribution in [3.05, 3.63) is 59.2 Å². The van der Waals surface area contributed by atoms with Crippen LogP contribution in [0.25, 0.3) is 11.1 Å². The molecule has 0 N–H and O–H groups in total. The zero-order valence-electron chi connectivity index (χ0n) is 16.3. The van der Waals surface area contributed by atoms with Gasteiger partial charge in [0.05, 0.1) is 18.7 Å². The molecule has 5 rings (SSSR count). The Bertz CT molecular complexity index is 1050. The van der Waals surface area contributed by atoms with Crippen LogP contribution >= 0.6 is 0 Å². The Morgan fingerprint density at radius 2 is 1.90 bits per heavy atom. The molecule has 2 aromatic heterocycles. The molecular formula is C22H23FN2O4. The van der Waals surface area contributed by atoms with Gasteiger partial charge >= 0.3 is 0 Å². The predicted octanol–water partition coefficient (Wildman–Crippen LogP) is 3.71. The Balaban J connectivity index is 1.44. The van der Waals surface area contributed by atoms with Crippen LogP contribution in [0.1, 0.15) is 34.7 Å². The molecule has 6 nitrogen and oxygen atoms in total. The molecule has 0 saturated carbocycles. The van der Waals surface area contributed by atoms with Gasteiger partial charge in [-0.25, -0.2) is 4.39 Å². The van der Waals surface area contributed by atoms with Crippen molar-refractivity contribution in [3.63, 3.8) is 0 Å². The van der Waals surface area contributed by atoms with E-state index in [-0.39, 0.29) is 11.7 Å². The van der Waals surface area contributed by atoms with Gasteiger partial charge in [-0.1, -0.05) is 12.1 Å². The maximum atomic E-state index is 13.7. The molecule has 0 bridgehead atoms. The molecule has 2 aliphatic heterocycles. The number of aromatic nitrogens is 1. The van der Waals surface area contributed by atoms with Gasteiger partial charge in [-0.15, -0.1) is 0 Å². The van der Waals surface area contributed by atoms with E-state index in [1.54, 1.807) is 12.1 Å². The number of furan rings is 1. The van der Waals surface area contributed by atoms with Crippen molar-refractivity contribution in [2.45, 2.75) is 32.1 Å². The van der Waals surface area contributed by atoms with Crippen molar-refractivity contribution in [1.29, 1.82) is 0 Å². The summed E-state index contributed by atoms with van der Waals surface area (Å²) in [6.07, 6.45) is 1.33. The summed E-state index contributed by atoms with van der Waals surface area (Å²) in [7, 11) is 0. The van der Waals surface area contributed by atoms with Crippen LogP contribution in [-0.4, -0.2) is 47.5 Å². The molecule has 2 fully saturated rings. The molecule has 3 aromatic rings. The number of benzene rings is 1. The van der Waals surface area contributed by atoms with Crippen molar-refractivity contribution in [2.75, 3.05) is 26.3 Å². The van der Waals surface area contributed by atoms with Crippen LogP contribution in [0.15, 0.2) is 40.8 Å². The lowest BCUT2D eigenvalue weighted by atomic mass is 10.0. The molecule has 29 heavy (non-hydrogen) atoms. The first-order chi connectivity index (χ1) is 14.0. The number of amides is 1. The highest BCUT2D eigenvalue weighted by molar-refractivity contribution is 5.97. The zero-order valence-corrected chi connectivity index (χ0v) is 16.3. The van der Waals surface area contributed by atoms with E-state index in [2.05, 4.69) is 0 Å². The van der Waals surface area contributed by atoms with E-state index in [0.29, 0.717) is 57.0 Å². The Hall–Kier alpha value is -2.64. The number of rotatable bonds is 3. The SMILES string of the molecule is Cc1cc2c(cc(C(=O)N3CCC4(CC3)OCCO4)n2Cc2cccc(F)c2)o1. The van der Waals surface area contributed by atoms with Crippen LogP contribution in [0, 0.1) is 12.7 Å². The van der Waals surface area contributed by atoms with Crippen LogP contribution in [0.3, 0.4) is 0 Å². The van der Waals surface area contributed by atoms with E-state index in [4.69, 9.17) is 13.9 Å². The van der Waals surface area contributed by atoms with Crippen LogP contribution in [-0.2, 0) is 16.0 Å². The minimum atomic E-state index is -0.523. The number of fused-ring (bicyclic) bond motifs is 1. The van der Waals surface area contributed by atoms with Crippen LogP contribution in [0.2, 0.25) is 0 Å². The first-order valence-corrected chi connectivity index (χ1v) is 9.94. The molecule has 1 aromatic carbocycles. The Morgan fingerprint density at radius 1 is 1.14 bits per heavy atom. The molecule has 0 unspecified atom stereocenters. The van der Waals surface area contributed by atoms with Gasteiger partial charge in [-0.05, 0) is 24.6 Å². The van der Waals surface area contributed by atoms with Crippen molar-refractivity contribution >= 4 is 17.0 Å². The fourth-order valence-corrected chi connectivity index (χ4v) is 4.33. The van der Waals surface area contributed by atoms with E-state index >= 15 is 0 Å². The molecule has 152 valence electrons. The number of hydrogen-bond donors (Lipinski definition) is 0. The topological polar surface area (TPSA) is 56.8 Å². The molecule has 0 aliphatic carbocycles. The minimum Gasteiger partial charge on any atom is -0.460 e. The number of likely N-dealkylation sites (tertiary alicyclic amines) is 1. The fraction of sp³-hybridized carbons (Fsp3) is 0.409. The quantitative estimate of drug-likeness (QED) is 0.675. The second kappa shape index (κ2) is 7.00. The predicted molar refractivity (Wildman–Crippen MR) is 104 cm³/mol. The molecule has 2 saturated heterocycles. The standard InChI is InChI=1S/C22H23FN2O4/c1-15-11-18-20(29-15)13-19(25(18)14-16-3-2-4-17(23)12-16)21(26)24-7-5-22(6-8-24)27-9-10-28-22/h2-4,11-13H,5-10,14H2,1H3. The third-order valence-corrected chi connectivity index (χ3v) is 5.79. The minimum absolute atomic E-state index is 0.0571. The summed E-state index contributed by atoms with van der Waals surface area (Å²) >= 11 is 0. The maximum absolute atomic E-state index is 13.7. The van der Waals surface area contributed by atoms with Crippen LogP contribution in [0.5, 0.6) is 0 Å². The van der Waals surface area contributed by atoms with Crippen molar-refractivity contribution in [3.8, 4) is 0 Å². The van der Waals surface area contributed by atoms with Gasteiger partial charge in [0.2, 0.25) is 0 Å². The lowest BCUT2D eigenvalue weighted by Gasteiger charge is -2.37. The number of carbonyl (C=O) groups is 1. The molecular weight excluding hydrogens is 375 g/mol. The van der Waals surface area contributed by atoms with E-state index in [1.807, 2.05) is 28.5 Å².